The number of aryl methyl sites for hydroxylation is 1. The number of hydrogen-bond acceptors (Lipinski definition) is 8. The number of benzene rings is 2. The number of ether oxygens (including phenoxy) is 3. The Labute approximate surface area is 238 Å². The van der Waals surface area contributed by atoms with E-state index in [1.54, 1.807) is 36.0 Å². The van der Waals surface area contributed by atoms with Crippen molar-refractivity contribution >= 4 is 17.0 Å². The molecule has 0 spiro atoms. The molecule has 0 radical (unpaired) electrons. The Hall–Kier alpha value is -4.91. The number of carboxylic acid groups (broad SMARTS) is 1. The number of imidazole rings is 1. The van der Waals surface area contributed by atoms with Crippen molar-refractivity contribution in [1.29, 1.82) is 0 Å². The van der Waals surface area contributed by atoms with Crippen molar-refractivity contribution in [1.82, 2.24) is 29.5 Å². The van der Waals surface area contributed by atoms with Crippen LogP contribution in [0.2, 0.25) is 0 Å². The van der Waals surface area contributed by atoms with Crippen LogP contribution in [0.4, 0.5) is 8.78 Å². The van der Waals surface area contributed by atoms with Crippen LogP contribution < -0.4 is 9.47 Å². The molecule has 1 fully saturated rings. The highest BCUT2D eigenvalue weighted by molar-refractivity contribution is 5.95. The molecule has 42 heavy (non-hydrogen) atoms. The van der Waals surface area contributed by atoms with Gasteiger partial charge in [-0.2, -0.15) is 15.0 Å². The summed E-state index contributed by atoms with van der Waals surface area (Å²) in [5.41, 5.74) is 1.82. The number of aromatic nitrogens is 6. The summed E-state index contributed by atoms with van der Waals surface area (Å²) in [5.74, 6) is -1.51. The predicted octanol–water partition coefficient (Wildman–Crippen LogP) is 4.17. The molecule has 2 aromatic carbocycles. The molecule has 0 bridgehead atoms. The normalized spacial score (nSPS) is 14.6. The molecule has 0 amide bonds. The van der Waals surface area contributed by atoms with Crippen molar-refractivity contribution in [3.8, 4) is 22.9 Å². The van der Waals surface area contributed by atoms with Gasteiger partial charge in [0, 0.05) is 31.7 Å². The van der Waals surface area contributed by atoms with Crippen molar-refractivity contribution in [3.05, 3.63) is 82.9 Å². The van der Waals surface area contributed by atoms with Gasteiger partial charge in [0.1, 0.15) is 41.0 Å². The quantitative estimate of drug-likeness (QED) is 0.261. The zero-order valence-corrected chi connectivity index (χ0v) is 22.8. The summed E-state index contributed by atoms with van der Waals surface area (Å²) in [6, 6.07) is 9.94. The Kier molecular flexibility index (Phi) is 7.25. The molecule has 11 nitrogen and oxygen atoms in total. The third-order valence-electron chi connectivity index (χ3n) is 7.04. The number of fused-ring (bicyclic) bond motifs is 1. The van der Waals surface area contributed by atoms with Crippen LogP contribution >= 0.6 is 0 Å². The van der Waals surface area contributed by atoms with Crippen LogP contribution in [0.1, 0.15) is 33.9 Å². The number of carbonyl (C=O) groups is 1. The van der Waals surface area contributed by atoms with Crippen LogP contribution in [0.15, 0.2) is 48.7 Å². The number of pyridine rings is 1. The average molecular weight is 577 g/mol. The van der Waals surface area contributed by atoms with Crippen molar-refractivity contribution in [2.45, 2.75) is 32.1 Å². The van der Waals surface area contributed by atoms with Gasteiger partial charge in [-0.25, -0.2) is 23.5 Å². The minimum absolute atomic E-state index is 0.0228. The fourth-order valence-corrected chi connectivity index (χ4v) is 4.83. The molecule has 0 aliphatic carbocycles. The maximum atomic E-state index is 15.5. The summed E-state index contributed by atoms with van der Waals surface area (Å²) in [4.78, 5) is 22.1. The highest BCUT2D eigenvalue weighted by Crippen LogP contribution is 2.32. The van der Waals surface area contributed by atoms with E-state index in [0.29, 0.717) is 35.7 Å². The molecule has 1 aliphatic rings. The van der Waals surface area contributed by atoms with E-state index in [1.807, 2.05) is 0 Å². The molecule has 6 rings (SSSR count). The lowest BCUT2D eigenvalue weighted by molar-refractivity contribution is -0.0589. The lowest BCUT2D eigenvalue weighted by Gasteiger charge is -2.27. The van der Waals surface area contributed by atoms with Gasteiger partial charge in [0.25, 0.3) is 0 Å². The van der Waals surface area contributed by atoms with E-state index in [4.69, 9.17) is 14.2 Å². The Bertz CT molecular complexity index is 1800. The summed E-state index contributed by atoms with van der Waals surface area (Å²) in [6.45, 7) is 1.12. The first-order valence-corrected chi connectivity index (χ1v) is 13.1. The first-order valence-electron chi connectivity index (χ1n) is 13.1. The van der Waals surface area contributed by atoms with Crippen molar-refractivity contribution in [2.24, 2.45) is 7.05 Å². The smallest absolute Gasteiger partial charge is 0.335 e. The number of rotatable bonds is 10. The number of halogens is 2. The second-order valence-corrected chi connectivity index (χ2v) is 9.85. The van der Waals surface area contributed by atoms with E-state index in [-0.39, 0.29) is 53.1 Å². The van der Waals surface area contributed by atoms with Crippen molar-refractivity contribution < 1.29 is 32.9 Å². The topological polar surface area (TPSA) is 126 Å². The van der Waals surface area contributed by atoms with Gasteiger partial charge < -0.3 is 23.9 Å². The van der Waals surface area contributed by atoms with Crippen molar-refractivity contribution in [3.63, 3.8) is 0 Å². The van der Waals surface area contributed by atoms with E-state index >= 15 is 8.78 Å². The van der Waals surface area contributed by atoms with Gasteiger partial charge in [-0.3, -0.25) is 0 Å². The molecule has 1 saturated heterocycles. The average Bonchev–Trinajstić information content (AvgIpc) is 3.53. The molecule has 1 N–H and O–H groups in total. The Morgan fingerprint density at radius 1 is 1.17 bits per heavy atom. The van der Waals surface area contributed by atoms with Gasteiger partial charge in [0.2, 0.25) is 5.88 Å². The molecule has 1 unspecified atom stereocenters. The Balaban J connectivity index is 1.31. The zero-order chi connectivity index (χ0) is 29.4. The number of carboxylic acids is 1. The van der Waals surface area contributed by atoms with E-state index in [2.05, 4.69) is 20.2 Å². The maximum absolute atomic E-state index is 15.5. The van der Waals surface area contributed by atoms with Gasteiger partial charge in [0.15, 0.2) is 0 Å². The van der Waals surface area contributed by atoms with Crippen LogP contribution in [-0.4, -0.2) is 60.4 Å². The number of nitrogens with zero attached hydrogens (tertiary/aromatic N) is 6. The number of hydrogen-bond donors (Lipinski definition) is 1. The van der Waals surface area contributed by atoms with E-state index < -0.39 is 17.6 Å². The van der Waals surface area contributed by atoms with Crippen LogP contribution in [-0.2, 0) is 31.4 Å². The monoisotopic (exact) mass is 576 g/mol. The van der Waals surface area contributed by atoms with Gasteiger partial charge in [-0.15, -0.1) is 0 Å². The summed E-state index contributed by atoms with van der Waals surface area (Å²) >= 11 is 0. The largest absolute Gasteiger partial charge is 0.494 e. The molecule has 13 heteroatoms. The molecule has 0 saturated carbocycles. The summed E-state index contributed by atoms with van der Waals surface area (Å²) in [5, 5.41) is 17.7. The number of methoxy groups -OCH3 is 1. The Morgan fingerprint density at radius 3 is 2.69 bits per heavy atom. The van der Waals surface area contributed by atoms with Crippen LogP contribution in [0.25, 0.3) is 22.3 Å². The summed E-state index contributed by atoms with van der Waals surface area (Å²) < 4.78 is 49.4. The molecule has 4 heterocycles. The maximum Gasteiger partial charge on any atom is 0.335 e. The minimum Gasteiger partial charge on any atom is -0.494 e. The molecular formula is C29H26F2N6O5. The minimum atomic E-state index is -1.12. The third kappa shape index (κ3) is 5.38. The van der Waals surface area contributed by atoms with Crippen LogP contribution in [0, 0.1) is 11.6 Å². The van der Waals surface area contributed by atoms with E-state index in [9.17, 15) is 9.90 Å². The molecular weight excluding hydrogens is 550 g/mol. The molecule has 5 aromatic rings. The standard InChI is InChI=1S/C29H26F2N6O5/c1-36-32-13-18(35-36)15-42-27-5-3-4-23(33-27)20-12-21(30)16(8-22(20)31)11-26-34-28-24(37(26)14-19-6-7-41-19)9-17(29(38)39)10-25(28)40-2/h3-5,8-10,12-13,19H,6-7,11,14-15H2,1-2H3,(H,38,39). The highest BCUT2D eigenvalue weighted by Gasteiger charge is 2.25. The third-order valence-corrected chi connectivity index (χ3v) is 7.04. The van der Waals surface area contributed by atoms with Gasteiger partial charge in [0.05, 0.1) is 42.7 Å². The van der Waals surface area contributed by atoms with Crippen molar-refractivity contribution in [2.75, 3.05) is 13.7 Å². The molecule has 3 aromatic heterocycles. The molecule has 216 valence electrons. The molecule has 1 aliphatic heterocycles. The van der Waals surface area contributed by atoms with Crippen LogP contribution in [0.5, 0.6) is 11.6 Å². The Morgan fingerprint density at radius 2 is 2.00 bits per heavy atom. The van der Waals surface area contributed by atoms with Crippen LogP contribution in [0.3, 0.4) is 0 Å². The van der Waals surface area contributed by atoms with E-state index in [0.717, 1.165) is 18.6 Å². The highest BCUT2D eigenvalue weighted by atomic mass is 19.1. The second-order valence-electron chi connectivity index (χ2n) is 9.85. The van der Waals surface area contributed by atoms with Gasteiger partial charge in [-0.05, 0) is 42.3 Å². The lowest BCUT2D eigenvalue weighted by Crippen LogP contribution is -2.31. The molecule has 1 atom stereocenters. The fraction of sp³-hybridized carbons (Fsp3) is 0.276. The number of aromatic carboxylic acids is 1. The fourth-order valence-electron chi connectivity index (χ4n) is 4.83. The predicted molar refractivity (Wildman–Crippen MR) is 145 cm³/mol. The first kappa shape index (κ1) is 27.3. The summed E-state index contributed by atoms with van der Waals surface area (Å²) in [7, 11) is 3.11. The zero-order valence-electron chi connectivity index (χ0n) is 22.8. The summed E-state index contributed by atoms with van der Waals surface area (Å²) in [6.07, 6.45) is 2.23. The van der Waals surface area contributed by atoms with Gasteiger partial charge in [-0.1, -0.05) is 6.07 Å². The SMILES string of the molecule is COc1cc(C(=O)O)cc2c1nc(Cc1cc(F)c(-c3cccc(OCc4cnn(C)n4)n3)cc1F)n2CC1CCO1. The van der Waals surface area contributed by atoms with Gasteiger partial charge >= 0.3 is 5.97 Å². The second kappa shape index (κ2) is 11.2. The lowest BCUT2D eigenvalue weighted by atomic mass is 10.0. The first-order chi connectivity index (χ1) is 20.3. The van der Waals surface area contributed by atoms with E-state index in [1.165, 1.54) is 24.0 Å².